The van der Waals surface area contributed by atoms with Crippen LogP contribution >= 0.6 is 0 Å². The summed E-state index contributed by atoms with van der Waals surface area (Å²) >= 11 is 0. The molecule has 0 unspecified atom stereocenters. The third-order valence-electron chi connectivity index (χ3n) is 6.35. The number of hydrogen-bond donors (Lipinski definition) is 2. The number of carbonyl (C=O) groups excluding carboxylic acids is 1. The minimum absolute atomic E-state index is 0.284. The molecule has 3 heterocycles. The van der Waals surface area contributed by atoms with Gasteiger partial charge in [-0.1, -0.05) is 24.8 Å². The van der Waals surface area contributed by atoms with Gasteiger partial charge < -0.3 is 20.4 Å². The maximum Gasteiger partial charge on any atom is 0.247 e. The predicted molar refractivity (Wildman–Crippen MR) is 148 cm³/mol. The quantitative estimate of drug-likeness (QED) is 0.302. The zero-order chi connectivity index (χ0) is 27.0. The van der Waals surface area contributed by atoms with E-state index >= 15 is 0 Å². The summed E-state index contributed by atoms with van der Waals surface area (Å²) in [5.74, 6) is 1.18. The first-order valence-corrected chi connectivity index (χ1v) is 11.8. The van der Waals surface area contributed by atoms with E-state index in [-0.39, 0.29) is 5.91 Å². The molecule has 0 aliphatic carbocycles. The van der Waals surface area contributed by atoms with Crippen molar-refractivity contribution < 1.29 is 9.53 Å². The van der Waals surface area contributed by atoms with Gasteiger partial charge >= 0.3 is 0 Å². The van der Waals surface area contributed by atoms with E-state index in [0.29, 0.717) is 39.6 Å². The molecule has 0 saturated carbocycles. The number of aromatic nitrogens is 4. The fourth-order valence-electron chi connectivity index (χ4n) is 4.65. The number of anilines is 2. The van der Waals surface area contributed by atoms with E-state index in [0.717, 1.165) is 27.9 Å². The number of nitrogen functional groups attached to an aromatic ring is 1. The molecule has 0 spiro atoms. The van der Waals surface area contributed by atoms with Gasteiger partial charge in [-0.05, 0) is 48.4 Å². The summed E-state index contributed by atoms with van der Waals surface area (Å²) in [6.45, 7) is 5.48. The zero-order valence-corrected chi connectivity index (χ0v) is 21.2. The number of fused-ring (bicyclic) bond motifs is 1. The van der Waals surface area contributed by atoms with Crippen molar-refractivity contribution in [2.24, 2.45) is 14.1 Å². The maximum absolute atomic E-state index is 11.8. The fraction of sp³-hybridized carbons (Fsp3) is 0.103. The van der Waals surface area contributed by atoms with Crippen molar-refractivity contribution in [3.05, 3.63) is 84.7 Å². The molecule has 0 aliphatic rings. The molecular weight excluding hydrogens is 478 g/mol. The number of nitriles is 1. The molecule has 3 aromatic heterocycles. The SMILES string of the molecule is C=CC(=O)Nc1ccc(-c2c(-c3ccc(Oc4ccn(C)n4)cc3)c3c(N)ncc(C#N)c3n2C)c(C)c1. The Morgan fingerprint density at radius 2 is 1.95 bits per heavy atom. The van der Waals surface area contributed by atoms with Crippen LogP contribution in [0.4, 0.5) is 11.5 Å². The highest BCUT2D eigenvalue weighted by Gasteiger charge is 2.24. The van der Waals surface area contributed by atoms with E-state index < -0.39 is 0 Å². The van der Waals surface area contributed by atoms with Crippen LogP contribution in [-0.4, -0.2) is 25.2 Å². The average Bonchev–Trinajstić information content (AvgIpc) is 3.45. The van der Waals surface area contributed by atoms with Gasteiger partial charge in [-0.25, -0.2) is 4.98 Å². The lowest BCUT2D eigenvalue weighted by Gasteiger charge is -2.14. The Hall–Kier alpha value is -5.36. The standard InChI is InChI=1S/C29H25N7O2/c1-5-23(37)33-20-8-11-22(17(2)14-20)28-25(26-27(36(28)4)19(15-30)16-32-29(26)31)18-6-9-21(10-7-18)38-24-12-13-35(3)34-24/h5-14,16H,1H2,2-4H3,(H2,31,32)(H,33,37). The smallest absolute Gasteiger partial charge is 0.247 e. The lowest BCUT2D eigenvalue weighted by molar-refractivity contribution is -0.111. The van der Waals surface area contributed by atoms with Crippen molar-refractivity contribution in [3.8, 4) is 40.1 Å². The van der Waals surface area contributed by atoms with Crippen LogP contribution in [-0.2, 0) is 18.9 Å². The number of carbonyl (C=O) groups is 1. The number of aryl methyl sites for hydroxylation is 3. The summed E-state index contributed by atoms with van der Waals surface area (Å²) in [5.41, 5.74) is 12.6. The van der Waals surface area contributed by atoms with Crippen LogP contribution in [0.5, 0.6) is 11.6 Å². The van der Waals surface area contributed by atoms with E-state index in [4.69, 9.17) is 10.5 Å². The second-order valence-corrected chi connectivity index (χ2v) is 8.85. The van der Waals surface area contributed by atoms with E-state index in [2.05, 4.69) is 28.0 Å². The second-order valence-electron chi connectivity index (χ2n) is 8.85. The van der Waals surface area contributed by atoms with Gasteiger partial charge in [0.15, 0.2) is 0 Å². The van der Waals surface area contributed by atoms with Gasteiger partial charge in [0.05, 0.1) is 22.2 Å². The van der Waals surface area contributed by atoms with Crippen LogP contribution in [0.3, 0.4) is 0 Å². The predicted octanol–water partition coefficient (Wildman–Crippen LogP) is 5.32. The van der Waals surface area contributed by atoms with Gasteiger partial charge in [0.2, 0.25) is 11.8 Å². The van der Waals surface area contributed by atoms with E-state index in [9.17, 15) is 10.1 Å². The summed E-state index contributed by atoms with van der Waals surface area (Å²) in [6.07, 6.45) is 4.53. The van der Waals surface area contributed by atoms with E-state index in [1.165, 1.54) is 12.3 Å². The molecule has 5 aromatic rings. The molecule has 0 saturated heterocycles. The first-order chi connectivity index (χ1) is 18.3. The van der Waals surface area contributed by atoms with Crippen molar-refractivity contribution in [1.82, 2.24) is 19.3 Å². The molecule has 0 fully saturated rings. The highest BCUT2D eigenvalue weighted by atomic mass is 16.5. The number of amides is 1. The first-order valence-electron chi connectivity index (χ1n) is 11.8. The van der Waals surface area contributed by atoms with Crippen molar-refractivity contribution in [2.75, 3.05) is 11.1 Å². The van der Waals surface area contributed by atoms with Crippen LogP contribution < -0.4 is 15.8 Å². The number of nitrogens with two attached hydrogens (primary N) is 1. The van der Waals surface area contributed by atoms with Gasteiger partial charge in [0, 0.05) is 49.4 Å². The molecule has 0 bridgehead atoms. The molecule has 0 radical (unpaired) electrons. The number of pyridine rings is 1. The molecule has 1 amide bonds. The minimum atomic E-state index is -0.284. The number of nitrogens with zero attached hydrogens (tertiary/aromatic N) is 5. The maximum atomic E-state index is 11.8. The number of benzene rings is 2. The highest BCUT2D eigenvalue weighted by molar-refractivity contribution is 6.11. The van der Waals surface area contributed by atoms with Gasteiger partial charge in [0.1, 0.15) is 17.6 Å². The molecule has 9 nitrogen and oxygen atoms in total. The van der Waals surface area contributed by atoms with Gasteiger partial charge in [-0.15, -0.1) is 5.10 Å². The van der Waals surface area contributed by atoms with Crippen LogP contribution in [0.25, 0.3) is 33.3 Å². The van der Waals surface area contributed by atoms with Crippen molar-refractivity contribution >= 4 is 28.3 Å². The van der Waals surface area contributed by atoms with Crippen LogP contribution in [0.1, 0.15) is 11.1 Å². The first kappa shape index (κ1) is 24.3. The molecule has 0 aliphatic heterocycles. The normalized spacial score (nSPS) is 10.8. The van der Waals surface area contributed by atoms with Gasteiger partial charge in [-0.3, -0.25) is 9.48 Å². The molecular formula is C29H25N7O2. The second kappa shape index (κ2) is 9.59. The summed E-state index contributed by atoms with van der Waals surface area (Å²) in [5, 5.41) is 17.6. The van der Waals surface area contributed by atoms with Crippen molar-refractivity contribution in [1.29, 1.82) is 5.26 Å². The van der Waals surface area contributed by atoms with Crippen molar-refractivity contribution in [3.63, 3.8) is 0 Å². The molecule has 5 rings (SSSR count). The number of rotatable bonds is 6. The molecule has 38 heavy (non-hydrogen) atoms. The Balaban J connectivity index is 1.70. The van der Waals surface area contributed by atoms with Gasteiger partial charge in [-0.2, -0.15) is 5.26 Å². The number of ether oxygens (including phenoxy) is 1. The Kier molecular flexibility index (Phi) is 6.15. The molecule has 3 N–H and O–H groups in total. The number of hydrogen-bond acceptors (Lipinski definition) is 6. The lowest BCUT2D eigenvalue weighted by Crippen LogP contribution is -2.07. The zero-order valence-electron chi connectivity index (χ0n) is 21.2. The molecule has 9 heteroatoms. The monoisotopic (exact) mass is 503 g/mol. The minimum Gasteiger partial charge on any atom is -0.438 e. The summed E-state index contributed by atoms with van der Waals surface area (Å²) in [7, 11) is 3.74. The third-order valence-corrected chi connectivity index (χ3v) is 6.35. The Morgan fingerprint density at radius 3 is 2.58 bits per heavy atom. The summed E-state index contributed by atoms with van der Waals surface area (Å²) in [6, 6.07) is 17.3. The summed E-state index contributed by atoms with van der Waals surface area (Å²) in [4.78, 5) is 16.1. The summed E-state index contributed by atoms with van der Waals surface area (Å²) < 4.78 is 9.52. The Morgan fingerprint density at radius 1 is 1.18 bits per heavy atom. The highest BCUT2D eigenvalue weighted by Crippen LogP contribution is 2.44. The van der Waals surface area contributed by atoms with Crippen molar-refractivity contribution in [2.45, 2.75) is 6.92 Å². The third kappa shape index (κ3) is 4.24. The number of nitrogens with one attached hydrogen (secondary N) is 1. The van der Waals surface area contributed by atoms with Crippen LogP contribution in [0.2, 0.25) is 0 Å². The molecule has 188 valence electrons. The molecule has 2 aromatic carbocycles. The average molecular weight is 504 g/mol. The molecule has 0 atom stereocenters. The fourth-order valence-corrected chi connectivity index (χ4v) is 4.65. The lowest BCUT2D eigenvalue weighted by atomic mass is 9.95. The van der Waals surface area contributed by atoms with E-state index in [1.54, 1.807) is 10.7 Å². The Labute approximate surface area is 219 Å². The largest absolute Gasteiger partial charge is 0.438 e. The van der Waals surface area contributed by atoms with Gasteiger partial charge in [0.25, 0.3) is 0 Å². The van der Waals surface area contributed by atoms with Crippen LogP contribution in [0.15, 0.2) is 73.6 Å². The Bertz CT molecular complexity index is 1750. The van der Waals surface area contributed by atoms with E-state index in [1.807, 2.05) is 74.2 Å². The van der Waals surface area contributed by atoms with Crippen LogP contribution in [0, 0.1) is 18.3 Å². The topological polar surface area (TPSA) is 124 Å².